The molecule has 142 valence electrons. The van der Waals surface area contributed by atoms with Crippen LogP contribution in [0.5, 0.6) is 0 Å². The molecular weight excluding hydrogens is 356 g/mol. The van der Waals surface area contributed by atoms with Gasteiger partial charge in [-0.3, -0.25) is 9.59 Å². The van der Waals surface area contributed by atoms with Gasteiger partial charge in [-0.1, -0.05) is 36.4 Å². The predicted molar refractivity (Wildman–Crippen MR) is 109 cm³/mol. The SMILES string of the molecule is C=CCN(CC(=O)N(Cc1ccccc1)Cc1sccc1C)C(=O)C1CC1. The molecule has 1 aromatic carbocycles. The summed E-state index contributed by atoms with van der Waals surface area (Å²) >= 11 is 1.67. The summed E-state index contributed by atoms with van der Waals surface area (Å²) in [5, 5.41) is 2.05. The van der Waals surface area contributed by atoms with Crippen LogP contribution in [0.1, 0.15) is 28.8 Å². The zero-order valence-electron chi connectivity index (χ0n) is 15.8. The third kappa shape index (κ3) is 5.30. The third-order valence-electron chi connectivity index (χ3n) is 4.79. The van der Waals surface area contributed by atoms with E-state index in [1.165, 1.54) is 10.4 Å². The molecule has 0 N–H and O–H groups in total. The lowest BCUT2D eigenvalue weighted by atomic mass is 10.2. The molecule has 0 atom stereocenters. The first-order valence-corrected chi connectivity index (χ1v) is 10.2. The van der Waals surface area contributed by atoms with Crippen molar-refractivity contribution in [1.29, 1.82) is 0 Å². The van der Waals surface area contributed by atoms with Crippen LogP contribution >= 0.6 is 11.3 Å². The van der Waals surface area contributed by atoms with Gasteiger partial charge < -0.3 is 9.80 Å². The molecule has 1 fully saturated rings. The number of nitrogens with zero attached hydrogens (tertiary/aromatic N) is 2. The van der Waals surface area contributed by atoms with E-state index in [2.05, 4.69) is 24.9 Å². The third-order valence-corrected chi connectivity index (χ3v) is 5.79. The topological polar surface area (TPSA) is 40.6 Å². The lowest BCUT2D eigenvalue weighted by Gasteiger charge is -2.27. The fraction of sp³-hybridized carbons (Fsp3) is 0.364. The van der Waals surface area contributed by atoms with Crippen LogP contribution < -0.4 is 0 Å². The van der Waals surface area contributed by atoms with Gasteiger partial charge in [0.1, 0.15) is 6.54 Å². The van der Waals surface area contributed by atoms with Gasteiger partial charge in [-0.25, -0.2) is 0 Å². The maximum atomic E-state index is 13.1. The first-order chi connectivity index (χ1) is 13.1. The number of amides is 2. The average molecular weight is 383 g/mol. The Balaban J connectivity index is 1.75. The van der Waals surface area contributed by atoms with Crippen LogP contribution in [0.2, 0.25) is 0 Å². The molecule has 0 aliphatic heterocycles. The molecule has 1 aromatic heterocycles. The van der Waals surface area contributed by atoms with E-state index in [0.717, 1.165) is 18.4 Å². The average Bonchev–Trinajstić information content (AvgIpc) is 3.44. The Labute approximate surface area is 165 Å². The Bertz CT molecular complexity index is 796. The normalized spacial score (nSPS) is 13.2. The van der Waals surface area contributed by atoms with Crippen LogP contribution in [-0.4, -0.2) is 34.7 Å². The van der Waals surface area contributed by atoms with Gasteiger partial charge in [0.15, 0.2) is 0 Å². The van der Waals surface area contributed by atoms with Crippen molar-refractivity contribution < 1.29 is 9.59 Å². The van der Waals surface area contributed by atoms with Crippen LogP contribution in [0, 0.1) is 12.8 Å². The molecule has 0 unspecified atom stereocenters. The van der Waals surface area contributed by atoms with Crippen molar-refractivity contribution in [1.82, 2.24) is 9.80 Å². The van der Waals surface area contributed by atoms with Gasteiger partial charge in [-0.05, 0) is 42.3 Å². The van der Waals surface area contributed by atoms with E-state index < -0.39 is 0 Å². The first-order valence-electron chi connectivity index (χ1n) is 9.33. The van der Waals surface area contributed by atoms with Crippen molar-refractivity contribution in [2.24, 2.45) is 5.92 Å². The van der Waals surface area contributed by atoms with E-state index in [9.17, 15) is 9.59 Å². The van der Waals surface area contributed by atoms with Gasteiger partial charge in [0.05, 0.1) is 6.54 Å². The van der Waals surface area contributed by atoms with E-state index in [1.807, 2.05) is 35.2 Å². The molecule has 4 nitrogen and oxygen atoms in total. The van der Waals surface area contributed by atoms with Crippen molar-refractivity contribution in [3.8, 4) is 0 Å². The molecular formula is C22H26N2O2S. The molecule has 0 bridgehead atoms. The van der Waals surface area contributed by atoms with Crippen LogP contribution in [0.15, 0.2) is 54.4 Å². The summed E-state index contributed by atoms with van der Waals surface area (Å²) in [5.41, 5.74) is 2.28. The van der Waals surface area contributed by atoms with Crippen molar-refractivity contribution in [2.45, 2.75) is 32.9 Å². The molecule has 5 heteroatoms. The fourth-order valence-electron chi connectivity index (χ4n) is 3.02. The van der Waals surface area contributed by atoms with Crippen LogP contribution in [0.3, 0.4) is 0 Å². The summed E-state index contributed by atoms with van der Waals surface area (Å²) in [6, 6.07) is 12.1. The van der Waals surface area contributed by atoms with Gasteiger partial charge >= 0.3 is 0 Å². The molecule has 3 rings (SSSR count). The lowest BCUT2D eigenvalue weighted by molar-refractivity contribution is -0.141. The highest BCUT2D eigenvalue weighted by atomic mass is 32.1. The number of carbonyl (C=O) groups excluding carboxylic acids is 2. The minimum absolute atomic E-state index is 0.0255. The van der Waals surface area contributed by atoms with E-state index in [-0.39, 0.29) is 24.3 Å². The number of carbonyl (C=O) groups is 2. The minimum Gasteiger partial charge on any atom is -0.332 e. The molecule has 1 aliphatic rings. The Morgan fingerprint density at radius 3 is 2.48 bits per heavy atom. The minimum atomic E-state index is -0.0255. The molecule has 1 aliphatic carbocycles. The number of benzene rings is 1. The highest BCUT2D eigenvalue weighted by molar-refractivity contribution is 7.10. The summed E-state index contributed by atoms with van der Waals surface area (Å²) in [6.45, 7) is 7.43. The fourth-order valence-corrected chi connectivity index (χ4v) is 3.94. The number of aryl methyl sites for hydroxylation is 1. The second-order valence-corrected chi connectivity index (χ2v) is 8.04. The molecule has 1 saturated carbocycles. The molecule has 27 heavy (non-hydrogen) atoms. The van der Waals surface area contributed by atoms with Gasteiger partial charge in [0.2, 0.25) is 11.8 Å². The summed E-state index contributed by atoms with van der Waals surface area (Å²) < 4.78 is 0. The molecule has 2 amide bonds. The predicted octanol–water partition coefficient (Wildman–Crippen LogP) is 4.01. The Kier molecular flexibility index (Phi) is 6.45. The largest absolute Gasteiger partial charge is 0.332 e. The second kappa shape index (κ2) is 9.00. The summed E-state index contributed by atoms with van der Waals surface area (Å²) in [6.07, 6.45) is 3.56. The molecule has 1 heterocycles. The summed E-state index contributed by atoms with van der Waals surface area (Å²) in [7, 11) is 0. The van der Waals surface area contributed by atoms with E-state index in [4.69, 9.17) is 0 Å². The van der Waals surface area contributed by atoms with Crippen molar-refractivity contribution >= 4 is 23.2 Å². The van der Waals surface area contributed by atoms with Crippen LogP contribution in [0.25, 0.3) is 0 Å². The molecule has 0 radical (unpaired) electrons. The quantitative estimate of drug-likeness (QED) is 0.615. The zero-order valence-corrected chi connectivity index (χ0v) is 16.6. The lowest BCUT2D eigenvalue weighted by Crippen LogP contribution is -2.43. The highest BCUT2D eigenvalue weighted by Crippen LogP contribution is 2.31. The van der Waals surface area contributed by atoms with E-state index in [1.54, 1.807) is 22.3 Å². The molecule has 2 aromatic rings. The highest BCUT2D eigenvalue weighted by Gasteiger charge is 2.34. The number of hydrogen-bond acceptors (Lipinski definition) is 3. The number of thiophene rings is 1. The van der Waals surface area contributed by atoms with Crippen molar-refractivity contribution in [2.75, 3.05) is 13.1 Å². The Hall–Kier alpha value is -2.40. The van der Waals surface area contributed by atoms with Gasteiger partial charge in [-0.2, -0.15) is 0 Å². The maximum absolute atomic E-state index is 13.1. The first kappa shape index (κ1) is 19.4. The van der Waals surface area contributed by atoms with Crippen molar-refractivity contribution in [3.05, 3.63) is 70.4 Å². The van der Waals surface area contributed by atoms with Crippen LogP contribution in [0.4, 0.5) is 0 Å². The molecule has 0 spiro atoms. The monoisotopic (exact) mass is 382 g/mol. The Morgan fingerprint density at radius 1 is 1.15 bits per heavy atom. The Morgan fingerprint density at radius 2 is 1.89 bits per heavy atom. The summed E-state index contributed by atoms with van der Waals surface area (Å²) in [5.74, 6) is 0.151. The van der Waals surface area contributed by atoms with E-state index >= 15 is 0 Å². The van der Waals surface area contributed by atoms with Gasteiger partial charge in [-0.15, -0.1) is 17.9 Å². The standard InChI is InChI=1S/C22H26N2O2S/c1-3-12-23(22(26)19-9-10-19)16-21(25)24(14-18-7-5-4-6-8-18)15-20-17(2)11-13-27-20/h3-8,11,13,19H,1,9-10,12,14-16H2,2H3. The smallest absolute Gasteiger partial charge is 0.242 e. The van der Waals surface area contributed by atoms with Crippen LogP contribution in [-0.2, 0) is 22.7 Å². The van der Waals surface area contributed by atoms with Crippen molar-refractivity contribution in [3.63, 3.8) is 0 Å². The van der Waals surface area contributed by atoms with Gasteiger partial charge in [0.25, 0.3) is 0 Å². The number of rotatable bonds is 9. The van der Waals surface area contributed by atoms with E-state index in [0.29, 0.717) is 19.6 Å². The van der Waals surface area contributed by atoms with Gasteiger partial charge in [0, 0.05) is 23.9 Å². The second-order valence-electron chi connectivity index (χ2n) is 7.04. The number of hydrogen-bond donors (Lipinski definition) is 0. The summed E-state index contributed by atoms with van der Waals surface area (Å²) in [4.78, 5) is 30.3. The zero-order chi connectivity index (χ0) is 19.2. The maximum Gasteiger partial charge on any atom is 0.242 e. The molecule has 0 saturated heterocycles.